The molecule has 0 aliphatic heterocycles. The van der Waals surface area contributed by atoms with Gasteiger partial charge in [-0.2, -0.15) is 0 Å². The van der Waals surface area contributed by atoms with E-state index in [4.69, 9.17) is 11.6 Å². The van der Waals surface area contributed by atoms with Crippen molar-refractivity contribution < 1.29 is 4.92 Å². The van der Waals surface area contributed by atoms with Crippen molar-refractivity contribution in [2.24, 2.45) is 5.92 Å². The van der Waals surface area contributed by atoms with Gasteiger partial charge in [-0.3, -0.25) is 10.1 Å². The predicted octanol–water partition coefficient (Wildman–Crippen LogP) is 4.48. The molecule has 0 atom stereocenters. The summed E-state index contributed by atoms with van der Waals surface area (Å²) in [5.41, 5.74) is 3.32. The summed E-state index contributed by atoms with van der Waals surface area (Å²) in [5.74, 6) is 0.887. The van der Waals surface area contributed by atoms with Crippen molar-refractivity contribution in [3.05, 3.63) is 38.9 Å². The van der Waals surface area contributed by atoms with Crippen LogP contribution in [0.4, 0.5) is 5.69 Å². The van der Waals surface area contributed by atoms with Gasteiger partial charge in [-0.1, -0.05) is 27.2 Å². The summed E-state index contributed by atoms with van der Waals surface area (Å²) in [6.07, 6.45) is 2.64. The Morgan fingerprint density at radius 2 is 1.94 bits per heavy atom. The quantitative estimate of drug-likeness (QED) is 0.434. The average Bonchev–Trinajstić information content (AvgIpc) is 2.28. The zero-order valence-electron chi connectivity index (χ0n) is 11.2. The third kappa shape index (κ3) is 3.70. The van der Waals surface area contributed by atoms with Crippen LogP contribution in [0.2, 0.25) is 0 Å². The Morgan fingerprint density at radius 3 is 2.39 bits per heavy atom. The smallest absolute Gasteiger partial charge is 0.258 e. The number of rotatable bonds is 6. The Morgan fingerprint density at radius 1 is 1.33 bits per heavy atom. The second-order valence-electron chi connectivity index (χ2n) is 4.98. The first-order valence-corrected chi connectivity index (χ1v) is 6.88. The van der Waals surface area contributed by atoms with Crippen LogP contribution in [0.25, 0.3) is 0 Å². The van der Waals surface area contributed by atoms with Crippen LogP contribution in [-0.4, -0.2) is 4.92 Å². The second-order valence-corrected chi connectivity index (χ2v) is 5.25. The highest BCUT2D eigenvalue weighted by molar-refractivity contribution is 6.17. The number of halogens is 1. The van der Waals surface area contributed by atoms with Gasteiger partial charge in [0.05, 0.1) is 4.92 Å². The van der Waals surface area contributed by atoms with E-state index in [2.05, 4.69) is 20.8 Å². The minimum absolute atomic E-state index is 0.183. The van der Waals surface area contributed by atoms with Crippen LogP contribution in [0.5, 0.6) is 0 Å². The molecule has 0 aliphatic carbocycles. The van der Waals surface area contributed by atoms with Crippen LogP contribution in [0, 0.1) is 16.0 Å². The first-order chi connectivity index (χ1) is 8.49. The Kier molecular flexibility index (Phi) is 5.60. The van der Waals surface area contributed by atoms with Crippen molar-refractivity contribution in [2.75, 3.05) is 0 Å². The molecule has 4 heteroatoms. The summed E-state index contributed by atoms with van der Waals surface area (Å²) in [6, 6.07) is 3.35. The highest BCUT2D eigenvalue weighted by Gasteiger charge is 2.16. The van der Waals surface area contributed by atoms with Gasteiger partial charge < -0.3 is 0 Å². The lowest BCUT2D eigenvalue weighted by atomic mass is 9.92. The molecule has 1 aromatic rings. The normalized spacial score (nSPS) is 10.9. The fourth-order valence-electron chi connectivity index (χ4n) is 2.17. The van der Waals surface area contributed by atoms with E-state index < -0.39 is 0 Å². The molecule has 0 spiro atoms. The zero-order chi connectivity index (χ0) is 13.7. The summed E-state index contributed by atoms with van der Waals surface area (Å²) in [4.78, 5) is 10.6. The van der Waals surface area contributed by atoms with Crippen LogP contribution < -0.4 is 0 Å². The standard InChI is InChI=1S/C14H20ClNO2/c1-4-5-11-7-13(16(17)18)8-12(6-10(2)3)14(11)9-15/h7-8,10H,4-6,9H2,1-3H3. The Hall–Kier alpha value is -1.09. The van der Waals surface area contributed by atoms with Gasteiger partial charge in [-0.15, -0.1) is 11.6 Å². The van der Waals surface area contributed by atoms with Crippen molar-refractivity contribution in [2.45, 2.75) is 45.9 Å². The fourth-order valence-corrected chi connectivity index (χ4v) is 2.51. The summed E-state index contributed by atoms with van der Waals surface area (Å²) < 4.78 is 0. The van der Waals surface area contributed by atoms with Gasteiger partial charge in [0, 0.05) is 18.0 Å². The maximum Gasteiger partial charge on any atom is 0.269 e. The van der Waals surface area contributed by atoms with Crippen LogP contribution in [-0.2, 0) is 18.7 Å². The molecule has 1 aromatic carbocycles. The Labute approximate surface area is 113 Å². The maximum atomic E-state index is 11.0. The lowest BCUT2D eigenvalue weighted by Crippen LogP contribution is -2.04. The Balaban J connectivity index is 3.30. The second kappa shape index (κ2) is 6.74. The lowest BCUT2D eigenvalue weighted by Gasteiger charge is -2.14. The average molecular weight is 270 g/mol. The number of nitro groups is 1. The molecule has 100 valence electrons. The first kappa shape index (κ1) is 15.0. The third-order valence-corrected chi connectivity index (χ3v) is 3.18. The predicted molar refractivity (Wildman–Crippen MR) is 75.2 cm³/mol. The van der Waals surface area contributed by atoms with E-state index in [0.29, 0.717) is 11.8 Å². The van der Waals surface area contributed by atoms with E-state index in [1.54, 1.807) is 12.1 Å². The molecule has 0 amide bonds. The monoisotopic (exact) mass is 269 g/mol. The van der Waals surface area contributed by atoms with Crippen LogP contribution >= 0.6 is 11.6 Å². The van der Waals surface area contributed by atoms with Crippen LogP contribution in [0.1, 0.15) is 43.9 Å². The highest BCUT2D eigenvalue weighted by atomic mass is 35.5. The molecule has 0 aliphatic rings. The summed E-state index contributed by atoms with van der Waals surface area (Å²) in [5, 5.41) is 11.0. The number of nitro benzene ring substituents is 1. The van der Waals surface area contributed by atoms with E-state index in [-0.39, 0.29) is 10.6 Å². The third-order valence-electron chi connectivity index (χ3n) is 2.91. The van der Waals surface area contributed by atoms with Gasteiger partial charge in [-0.25, -0.2) is 0 Å². The van der Waals surface area contributed by atoms with Gasteiger partial charge >= 0.3 is 0 Å². The molecule has 0 fully saturated rings. The van der Waals surface area contributed by atoms with Gasteiger partial charge in [0.25, 0.3) is 5.69 Å². The van der Waals surface area contributed by atoms with Crippen LogP contribution in [0.15, 0.2) is 12.1 Å². The minimum Gasteiger partial charge on any atom is -0.258 e. The van der Waals surface area contributed by atoms with E-state index in [0.717, 1.165) is 36.0 Å². The largest absolute Gasteiger partial charge is 0.269 e. The molecule has 0 saturated carbocycles. The fraction of sp³-hybridized carbons (Fsp3) is 0.571. The molecule has 0 aromatic heterocycles. The molecule has 3 nitrogen and oxygen atoms in total. The number of aryl methyl sites for hydroxylation is 1. The molecule has 1 rings (SSSR count). The van der Waals surface area contributed by atoms with Gasteiger partial charge in [0.2, 0.25) is 0 Å². The van der Waals surface area contributed by atoms with Crippen molar-refractivity contribution in [1.29, 1.82) is 0 Å². The number of alkyl halides is 1. The molecule has 0 saturated heterocycles. The first-order valence-electron chi connectivity index (χ1n) is 6.34. The number of hydrogen-bond acceptors (Lipinski definition) is 2. The van der Waals surface area contributed by atoms with Gasteiger partial charge in [-0.05, 0) is 35.4 Å². The van der Waals surface area contributed by atoms with Gasteiger partial charge in [0.15, 0.2) is 0 Å². The van der Waals surface area contributed by atoms with Crippen molar-refractivity contribution in [3.8, 4) is 0 Å². The van der Waals surface area contributed by atoms with E-state index in [1.165, 1.54) is 0 Å². The number of non-ortho nitro benzene ring substituents is 1. The number of nitrogens with zero attached hydrogens (tertiary/aromatic N) is 1. The summed E-state index contributed by atoms with van der Waals surface area (Å²) in [7, 11) is 0. The number of hydrogen-bond donors (Lipinski definition) is 0. The molecule has 0 N–H and O–H groups in total. The number of benzene rings is 1. The SMILES string of the molecule is CCCc1cc([N+](=O)[O-])cc(CC(C)C)c1CCl. The molecule has 0 unspecified atom stereocenters. The van der Waals surface area contributed by atoms with E-state index in [9.17, 15) is 10.1 Å². The van der Waals surface area contributed by atoms with Crippen molar-refractivity contribution in [3.63, 3.8) is 0 Å². The zero-order valence-corrected chi connectivity index (χ0v) is 12.0. The Bertz CT molecular complexity index is 430. The molecule has 0 bridgehead atoms. The molecular weight excluding hydrogens is 250 g/mol. The van der Waals surface area contributed by atoms with E-state index >= 15 is 0 Å². The van der Waals surface area contributed by atoms with Gasteiger partial charge in [0.1, 0.15) is 0 Å². The van der Waals surface area contributed by atoms with Crippen molar-refractivity contribution >= 4 is 17.3 Å². The molecule has 0 radical (unpaired) electrons. The lowest BCUT2D eigenvalue weighted by molar-refractivity contribution is -0.385. The topological polar surface area (TPSA) is 43.1 Å². The minimum atomic E-state index is -0.318. The van der Waals surface area contributed by atoms with Crippen LogP contribution in [0.3, 0.4) is 0 Å². The van der Waals surface area contributed by atoms with E-state index in [1.807, 2.05) is 0 Å². The highest BCUT2D eigenvalue weighted by Crippen LogP contribution is 2.27. The molecule has 18 heavy (non-hydrogen) atoms. The van der Waals surface area contributed by atoms with Crippen molar-refractivity contribution in [1.82, 2.24) is 0 Å². The summed E-state index contributed by atoms with van der Waals surface area (Å²) in [6.45, 7) is 6.28. The molecular formula is C14H20ClNO2. The molecule has 0 heterocycles. The maximum absolute atomic E-state index is 11.0. The summed E-state index contributed by atoms with van der Waals surface area (Å²) >= 11 is 6.02.